The average Bonchev–Trinajstić information content (AvgIpc) is 3.69. The van der Waals surface area contributed by atoms with Crippen LogP contribution in [-0.4, -0.2) is 67.6 Å². The van der Waals surface area contributed by atoms with Gasteiger partial charge in [-0.25, -0.2) is 4.98 Å². The Morgan fingerprint density at radius 1 is 1.03 bits per heavy atom. The molecule has 2 aliphatic rings. The molecule has 2 unspecified atom stereocenters. The highest BCUT2D eigenvalue weighted by Gasteiger charge is 2.46. The molecule has 7 nitrogen and oxygen atoms in total. The van der Waals surface area contributed by atoms with Gasteiger partial charge in [0.15, 0.2) is 0 Å². The molecule has 2 fully saturated rings. The van der Waals surface area contributed by atoms with E-state index in [0.717, 1.165) is 51.2 Å². The van der Waals surface area contributed by atoms with Crippen LogP contribution in [0.25, 0.3) is 0 Å². The summed E-state index contributed by atoms with van der Waals surface area (Å²) in [5, 5.41) is 2.92. The van der Waals surface area contributed by atoms with Gasteiger partial charge in [-0.05, 0) is 42.9 Å². The quantitative estimate of drug-likeness (QED) is 0.516. The minimum atomic E-state index is -0.111. The molecule has 1 aliphatic heterocycles. The van der Waals surface area contributed by atoms with Crippen LogP contribution in [0.4, 0.5) is 5.82 Å². The molecule has 7 heteroatoms. The molecule has 1 aromatic heterocycles. The van der Waals surface area contributed by atoms with E-state index in [9.17, 15) is 9.59 Å². The zero-order valence-corrected chi connectivity index (χ0v) is 20.1. The molecular formula is C27H36N4O3. The van der Waals surface area contributed by atoms with Crippen LogP contribution in [0.2, 0.25) is 0 Å². The monoisotopic (exact) mass is 464 g/mol. The Morgan fingerprint density at radius 3 is 2.50 bits per heavy atom. The number of benzene rings is 1. The summed E-state index contributed by atoms with van der Waals surface area (Å²) in [5.41, 5.74) is 1.83. The third-order valence-electron chi connectivity index (χ3n) is 6.65. The fourth-order valence-electron chi connectivity index (χ4n) is 4.46. The number of aromatic nitrogens is 1. The second-order valence-electron chi connectivity index (χ2n) is 9.15. The van der Waals surface area contributed by atoms with Gasteiger partial charge in [-0.1, -0.05) is 43.7 Å². The van der Waals surface area contributed by atoms with Gasteiger partial charge in [0.05, 0.1) is 5.56 Å². The van der Waals surface area contributed by atoms with E-state index in [0.29, 0.717) is 37.7 Å². The number of carbonyl (C=O) groups is 2. The highest BCUT2D eigenvalue weighted by molar-refractivity contribution is 5.94. The Kier molecular flexibility index (Phi) is 8.52. The van der Waals surface area contributed by atoms with Gasteiger partial charge in [0.25, 0.3) is 5.91 Å². The summed E-state index contributed by atoms with van der Waals surface area (Å²) < 4.78 is 5.51. The van der Waals surface area contributed by atoms with Crippen molar-refractivity contribution in [1.29, 1.82) is 0 Å². The molecular weight excluding hydrogens is 428 g/mol. The Balaban J connectivity index is 1.18. The highest BCUT2D eigenvalue weighted by Crippen LogP contribution is 2.48. The van der Waals surface area contributed by atoms with E-state index >= 15 is 0 Å². The smallest absolute Gasteiger partial charge is 0.252 e. The van der Waals surface area contributed by atoms with Crippen LogP contribution in [0, 0.1) is 5.92 Å². The van der Waals surface area contributed by atoms with E-state index in [4.69, 9.17) is 4.74 Å². The Bertz CT molecular complexity index is 927. The van der Waals surface area contributed by atoms with Gasteiger partial charge < -0.3 is 19.9 Å². The maximum atomic E-state index is 12.9. The molecule has 34 heavy (non-hydrogen) atoms. The Morgan fingerprint density at radius 2 is 1.79 bits per heavy atom. The van der Waals surface area contributed by atoms with Crippen LogP contribution in [0.1, 0.15) is 54.4 Å². The first kappa shape index (κ1) is 24.2. The van der Waals surface area contributed by atoms with Gasteiger partial charge in [-0.2, -0.15) is 0 Å². The summed E-state index contributed by atoms with van der Waals surface area (Å²) in [5.74, 6) is 1.53. The number of pyridine rings is 1. The van der Waals surface area contributed by atoms with Crippen molar-refractivity contribution in [3.05, 3.63) is 59.8 Å². The third-order valence-corrected chi connectivity index (χ3v) is 6.65. The molecule has 2 heterocycles. The Labute approximate surface area is 202 Å². The molecule has 1 saturated carbocycles. The minimum absolute atomic E-state index is 0.111. The fraction of sp³-hybridized carbons (Fsp3) is 0.519. The van der Waals surface area contributed by atoms with E-state index in [1.165, 1.54) is 5.56 Å². The van der Waals surface area contributed by atoms with Crippen molar-refractivity contribution >= 4 is 17.6 Å². The highest BCUT2D eigenvalue weighted by atomic mass is 16.5. The molecule has 1 aliphatic carbocycles. The van der Waals surface area contributed by atoms with Crippen molar-refractivity contribution in [2.75, 3.05) is 50.8 Å². The first-order valence-corrected chi connectivity index (χ1v) is 12.6. The number of rotatable bonds is 11. The minimum Gasteiger partial charge on any atom is -0.381 e. The number of piperazine rings is 1. The van der Waals surface area contributed by atoms with Crippen molar-refractivity contribution in [3.63, 3.8) is 0 Å². The largest absolute Gasteiger partial charge is 0.381 e. The fourth-order valence-corrected chi connectivity index (χ4v) is 4.46. The first-order valence-electron chi connectivity index (χ1n) is 12.6. The summed E-state index contributed by atoms with van der Waals surface area (Å²) in [4.78, 5) is 33.9. The molecule has 0 spiro atoms. The van der Waals surface area contributed by atoms with Crippen LogP contribution in [0.15, 0.2) is 48.7 Å². The predicted octanol–water partition coefficient (Wildman–Crippen LogP) is 3.47. The molecule has 4 rings (SSSR count). The van der Waals surface area contributed by atoms with Gasteiger partial charge in [0.2, 0.25) is 5.91 Å². The number of amides is 2. The molecule has 1 aromatic carbocycles. The SMILES string of the molecule is CCCCOCCCNC(=O)c1ccc(N2CCN(C(=O)C3CC3c3ccccc3)CC2)nc1. The lowest BCUT2D eigenvalue weighted by Gasteiger charge is -2.35. The van der Waals surface area contributed by atoms with Crippen LogP contribution in [-0.2, 0) is 9.53 Å². The number of carbonyl (C=O) groups excluding carboxylic acids is 2. The summed E-state index contributed by atoms with van der Waals surface area (Å²) in [6.07, 6.45) is 5.60. The van der Waals surface area contributed by atoms with Gasteiger partial charge in [-0.15, -0.1) is 0 Å². The maximum absolute atomic E-state index is 12.9. The normalized spacial score (nSPS) is 19.7. The van der Waals surface area contributed by atoms with Gasteiger partial charge in [0, 0.05) is 58.1 Å². The molecule has 2 aromatic rings. The van der Waals surface area contributed by atoms with Crippen LogP contribution in [0.3, 0.4) is 0 Å². The van der Waals surface area contributed by atoms with E-state index in [-0.39, 0.29) is 17.7 Å². The number of hydrogen-bond acceptors (Lipinski definition) is 5. The molecule has 1 saturated heterocycles. The number of nitrogens with zero attached hydrogens (tertiary/aromatic N) is 3. The molecule has 182 valence electrons. The Hall–Kier alpha value is -2.93. The standard InChI is InChI=1S/C27H36N4O3/c1-2-3-17-34-18-7-12-28-26(32)22-10-11-25(29-20-22)30-13-15-31(16-14-30)27(33)24-19-23(24)21-8-5-4-6-9-21/h4-6,8-11,20,23-24H,2-3,7,12-19H2,1H3,(H,28,32). The van der Waals surface area contributed by atoms with Crippen LogP contribution >= 0.6 is 0 Å². The van der Waals surface area contributed by atoms with Crippen molar-refractivity contribution in [1.82, 2.24) is 15.2 Å². The van der Waals surface area contributed by atoms with Crippen LogP contribution < -0.4 is 10.2 Å². The van der Waals surface area contributed by atoms with Gasteiger partial charge >= 0.3 is 0 Å². The molecule has 2 amide bonds. The van der Waals surface area contributed by atoms with Crippen molar-refractivity contribution < 1.29 is 14.3 Å². The predicted molar refractivity (Wildman–Crippen MR) is 133 cm³/mol. The lowest BCUT2D eigenvalue weighted by Crippen LogP contribution is -2.49. The number of hydrogen-bond donors (Lipinski definition) is 1. The number of anilines is 1. The second-order valence-corrected chi connectivity index (χ2v) is 9.15. The number of nitrogens with one attached hydrogen (secondary N) is 1. The van der Waals surface area contributed by atoms with E-state index in [1.807, 2.05) is 35.2 Å². The zero-order chi connectivity index (χ0) is 23.8. The van der Waals surface area contributed by atoms with Crippen molar-refractivity contribution in [2.45, 2.75) is 38.5 Å². The average molecular weight is 465 g/mol. The van der Waals surface area contributed by atoms with E-state index < -0.39 is 0 Å². The summed E-state index contributed by atoms with van der Waals surface area (Å²) >= 11 is 0. The molecule has 1 N–H and O–H groups in total. The van der Waals surface area contributed by atoms with Gasteiger partial charge in [-0.3, -0.25) is 9.59 Å². The summed E-state index contributed by atoms with van der Waals surface area (Å²) in [7, 11) is 0. The topological polar surface area (TPSA) is 74.8 Å². The lowest BCUT2D eigenvalue weighted by molar-refractivity contribution is -0.133. The summed E-state index contributed by atoms with van der Waals surface area (Å²) in [6.45, 7) is 7.11. The summed E-state index contributed by atoms with van der Waals surface area (Å²) in [6, 6.07) is 14.1. The zero-order valence-electron chi connectivity index (χ0n) is 20.1. The van der Waals surface area contributed by atoms with Crippen molar-refractivity contribution in [2.24, 2.45) is 5.92 Å². The first-order chi connectivity index (χ1) is 16.7. The maximum Gasteiger partial charge on any atom is 0.252 e. The molecule has 0 radical (unpaired) electrons. The second kappa shape index (κ2) is 12.0. The number of ether oxygens (including phenoxy) is 1. The van der Waals surface area contributed by atoms with E-state index in [1.54, 1.807) is 6.20 Å². The number of unbranched alkanes of at least 4 members (excludes halogenated alkanes) is 1. The molecule has 2 atom stereocenters. The van der Waals surface area contributed by atoms with Gasteiger partial charge in [0.1, 0.15) is 5.82 Å². The van der Waals surface area contributed by atoms with E-state index in [2.05, 4.69) is 34.3 Å². The molecule has 0 bridgehead atoms. The van der Waals surface area contributed by atoms with Crippen LogP contribution in [0.5, 0.6) is 0 Å². The van der Waals surface area contributed by atoms with Crippen molar-refractivity contribution in [3.8, 4) is 0 Å². The lowest BCUT2D eigenvalue weighted by atomic mass is 10.1. The third kappa shape index (κ3) is 6.35.